The van der Waals surface area contributed by atoms with E-state index in [1.807, 2.05) is 24.3 Å². The van der Waals surface area contributed by atoms with Gasteiger partial charge in [-0.2, -0.15) is 0 Å². The highest BCUT2D eigenvalue weighted by Gasteiger charge is 2.19. The molecule has 1 atom stereocenters. The van der Waals surface area contributed by atoms with Gasteiger partial charge in [-0.05, 0) is 42.0 Å². The van der Waals surface area contributed by atoms with Crippen LogP contribution in [0.15, 0.2) is 48.5 Å². The molecule has 2 aromatic rings. The molecule has 146 valence electrons. The number of nitrogens with zero attached hydrogens (tertiary/aromatic N) is 2. The standard InChI is InChI=1S/C21H27ClN2O3/c1-26-20-6-2-17(3-7-20)14-23-10-12-24(13-11-23)15-19(25)16-27-21-8-4-18(22)5-9-21/h2-9,19,25H,10-16H2,1H3. The molecular weight excluding hydrogens is 364 g/mol. The van der Waals surface area contributed by atoms with E-state index >= 15 is 0 Å². The molecule has 1 aliphatic rings. The molecule has 1 heterocycles. The molecule has 0 amide bonds. The summed E-state index contributed by atoms with van der Waals surface area (Å²) in [7, 11) is 1.68. The third kappa shape index (κ3) is 6.40. The molecule has 2 aromatic carbocycles. The molecule has 3 rings (SSSR count). The molecule has 27 heavy (non-hydrogen) atoms. The Kier molecular flexibility index (Phi) is 7.35. The number of rotatable bonds is 8. The van der Waals surface area contributed by atoms with Crippen LogP contribution in [0.25, 0.3) is 0 Å². The zero-order valence-electron chi connectivity index (χ0n) is 15.7. The number of β-amino-alcohol motifs (C(OH)–C–C–N with tert-alkyl or cyclic N) is 1. The minimum atomic E-state index is -0.506. The van der Waals surface area contributed by atoms with E-state index in [0.717, 1.165) is 44.2 Å². The Morgan fingerprint density at radius 1 is 0.926 bits per heavy atom. The third-order valence-electron chi connectivity index (χ3n) is 4.76. The minimum absolute atomic E-state index is 0.285. The first-order valence-electron chi connectivity index (χ1n) is 9.26. The summed E-state index contributed by atoms with van der Waals surface area (Å²) in [6, 6.07) is 15.4. The zero-order valence-corrected chi connectivity index (χ0v) is 16.4. The zero-order chi connectivity index (χ0) is 19.1. The fraction of sp³-hybridized carbons (Fsp3) is 0.429. The van der Waals surface area contributed by atoms with Crippen molar-refractivity contribution in [1.82, 2.24) is 9.80 Å². The maximum absolute atomic E-state index is 10.2. The van der Waals surface area contributed by atoms with Crippen molar-refractivity contribution in [2.75, 3.05) is 46.4 Å². The van der Waals surface area contributed by atoms with E-state index in [4.69, 9.17) is 21.1 Å². The third-order valence-corrected chi connectivity index (χ3v) is 5.01. The maximum atomic E-state index is 10.2. The second kappa shape index (κ2) is 9.95. The summed E-state index contributed by atoms with van der Waals surface area (Å²) in [5, 5.41) is 10.9. The normalized spacial score (nSPS) is 16.9. The summed E-state index contributed by atoms with van der Waals surface area (Å²) in [6.07, 6.45) is -0.506. The first kappa shape index (κ1) is 20.0. The monoisotopic (exact) mass is 390 g/mol. The predicted octanol–water partition coefficient (Wildman–Crippen LogP) is 2.91. The molecule has 0 spiro atoms. The number of piperazine rings is 1. The van der Waals surface area contributed by atoms with Crippen LogP contribution < -0.4 is 9.47 Å². The molecule has 0 bridgehead atoms. The van der Waals surface area contributed by atoms with E-state index in [2.05, 4.69) is 21.9 Å². The average Bonchev–Trinajstić information content (AvgIpc) is 2.70. The van der Waals surface area contributed by atoms with Gasteiger partial charge in [0.2, 0.25) is 0 Å². The molecule has 0 saturated carbocycles. The molecule has 1 fully saturated rings. The van der Waals surface area contributed by atoms with Gasteiger partial charge in [-0.25, -0.2) is 0 Å². The van der Waals surface area contributed by atoms with Crippen molar-refractivity contribution >= 4 is 11.6 Å². The lowest BCUT2D eigenvalue weighted by molar-refractivity contribution is 0.0446. The van der Waals surface area contributed by atoms with Crippen LogP contribution in [0.2, 0.25) is 5.02 Å². The van der Waals surface area contributed by atoms with Crippen LogP contribution in [0.4, 0.5) is 0 Å². The molecule has 0 aromatic heterocycles. The number of ether oxygens (including phenoxy) is 2. The van der Waals surface area contributed by atoms with Crippen molar-refractivity contribution in [2.45, 2.75) is 12.6 Å². The van der Waals surface area contributed by atoms with E-state index in [1.165, 1.54) is 5.56 Å². The van der Waals surface area contributed by atoms with Crippen molar-refractivity contribution in [2.24, 2.45) is 0 Å². The summed E-state index contributed by atoms with van der Waals surface area (Å²) < 4.78 is 10.8. The smallest absolute Gasteiger partial charge is 0.119 e. The number of benzene rings is 2. The van der Waals surface area contributed by atoms with Crippen molar-refractivity contribution in [3.63, 3.8) is 0 Å². The molecule has 1 unspecified atom stereocenters. The molecule has 5 nitrogen and oxygen atoms in total. The summed E-state index contributed by atoms with van der Waals surface area (Å²) >= 11 is 5.86. The van der Waals surface area contributed by atoms with Crippen LogP contribution >= 0.6 is 11.6 Å². The number of hydrogen-bond acceptors (Lipinski definition) is 5. The highest BCUT2D eigenvalue weighted by atomic mass is 35.5. The quantitative estimate of drug-likeness (QED) is 0.750. The molecule has 1 aliphatic heterocycles. The van der Waals surface area contributed by atoms with E-state index in [1.54, 1.807) is 19.2 Å². The van der Waals surface area contributed by atoms with Crippen LogP contribution in [0.1, 0.15) is 5.56 Å². The lowest BCUT2D eigenvalue weighted by Gasteiger charge is -2.35. The average molecular weight is 391 g/mol. The van der Waals surface area contributed by atoms with Gasteiger partial charge in [-0.3, -0.25) is 9.80 Å². The maximum Gasteiger partial charge on any atom is 0.119 e. The van der Waals surface area contributed by atoms with Crippen molar-refractivity contribution in [3.8, 4) is 11.5 Å². The minimum Gasteiger partial charge on any atom is -0.497 e. The Bertz CT molecular complexity index is 686. The van der Waals surface area contributed by atoms with Gasteiger partial charge in [0.25, 0.3) is 0 Å². The van der Waals surface area contributed by atoms with Gasteiger partial charge >= 0.3 is 0 Å². The highest BCUT2D eigenvalue weighted by molar-refractivity contribution is 6.30. The number of aliphatic hydroxyl groups is 1. The predicted molar refractivity (Wildman–Crippen MR) is 108 cm³/mol. The Labute approximate surface area is 166 Å². The van der Waals surface area contributed by atoms with Crippen molar-refractivity contribution in [1.29, 1.82) is 0 Å². The fourth-order valence-electron chi connectivity index (χ4n) is 3.19. The van der Waals surface area contributed by atoms with Crippen LogP contribution in [0, 0.1) is 0 Å². The Morgan fingerprint density at radius 3 is 2.15 bits per heavy atom. The van der Waals surface area contributed by atoms with Crippen LogP contribution in [0.3, 0.4) is 0 Å². The van der Waals surface area contributed by atoms with E-state index < -0.39 is 6.10 Å². The molecule has 1 N–H and O–H groups in total. The summed E-state index contributed by atoms with van der Waals surface area (Å²) in [6.45, 7) is 5.76. The fourth-order valence-corrected chi connectivity index (χ4v) is 3.32. The summed E-state index contributed by atoms with van der Waals surface area (Å²) in [4.78, 5) is 4.73. The Hall–Kier alpha value is -1.79. The van der Waals surface area contributed by atoms with Gasteiger partial charge in [0.15, 0.2) is 0 Å². The lowest BCUT2D eigenvalue weighted by atomic mass is 10.2. The first-order chi connectivity index (χ1) is 13.1. The number of aliphatic hydroxyl groups excluding tert-OH is 1. The van der Waals surface area contributed by atoms with Gasteiger partial charge in [0, 0.05) is 44.3 Å². The summed E-state index contributed by atoms with van der Waals surface area (Å²) in [5.74, 6) is 1.61. The number of hydrogen-bond donors (Lipinski definition) is 1. The largest absolute Gasteiger partial charge is 0.497 e. The van der Waals surface area contributed by atoms with Crippen LogP contribution in [-0.2, 0) is 6.54 Å². The SMILES string of the molecule is COc1ccc(CN2CCN(CC(O)COc3ccc(Cl)cc3)CC2)cc1. The molecule has 0 aliphatic carbocycles. The van der Waals surface area contributed by atoms with Gasteiger partial charge in [0.05, 0.1) is 7.11 Å². The van der Waals surface area contributed by atoms with Gasteiger partial charge in [0.1, 0.15) is 24.2 Å². The second-order valence-corrected chi connectivity index (χ2v) is 7.28. The van der Waals surface area contributed by atoms with Crippen LogP contribution in [0.5, 0.6) is 11.5 Å². The van der Waals surface area contributed by atoms with E-state index in [9.17, 15) is 5.11 Å². The highest BCUT2D eigenvalue weighted by Crippen LogP contribution is 2.16. The van der Waals surface area contributed by atoms with Gasteiger partial charge in [-0.1, -0.05) is 23.7 Å². The molecule has 1 saturated heterocycles. The van der Waals surface area contributed by atoms with Crippen LogP contribution in [-0.4, -0.2) is 67.5 Å². The summed E-state index contributed by atoms with van der Waals surface area (Å²) in [5.41, 5.74) is 1.29. The number of halogens is 1. The van der Waals surface area contributed by atoms with Crippen molar-refractivity contribution < 1.29 is 14.6 Å². The molecule has 0 radical (unpaired) electrons. The number of methoxy groups -OCH3 is 1. The van der Waals surface area contributed by atoms with Gasteiger partial charge < -0.3 is 14.6 Å². The molecular formula is C21H27ClN2O3. The first-order valence-corrected chi connectivity index (χ1v) is 9.64. The topological polar surface area (TPSA) is 45.2 Å². The van der Waals surface area contributed by atoms with E-state index in [-0.39, 0.29) is 6.61 Å². The van der Waals surface area contributed by atoms with Crippen molar-refractivity contribution in [3.05, 3.63) is 59.1 Å². The second-order valence-electron chi connectivity index (χ2n) is 6.84. The molecule has 6 heteroatoms. The lowest BCUT2D eigenvalue weighted by Crippen LogP contribution is -2.48. The Morgan fingerprint density at radius 2 is 1.52 bits per heavy atom. The van der Waals surface area contributed by atoms with E-state index in [0.29, 0.717) is 11.6 Å². The van der Waals surface area contributed by atoms with Gasteiger partial charge in [-0.15, -0.1) is 0 Å². The Balaban J connectivity index is 1.36.